The molecular weight excluding hydrogens is 188 g/mol. The van der Waals surface area contributed by atoms with Crippen LogP contribution in [0.3, 0.4) is 0 Å². The minimum atomic E-state index is -0.292. The van der Waals surface area contributed by atoms with Crippen LogP contribution in [-0.4, -0.2) is 19.0 Å². The number of ketones is 1. The summed E-state index contributed by atoms with van der Waals surface area (Å²) in [5, 5.41) is 0. The number of carbonyl (C=O) groups is 1. The van der Waals surface area contributed by atoms with Crippen molar-refractivity contribution in [2.75, 3.05) is 13.2 Å². The largest absolute Gasteiger partial charge is 0.381 e. The fourth-order valence-electron chi connectivity index (χ4n) is 2.32. The molecule has 0 bridgehead atoms. The predicted octanol–water partition coefficient (Wildman–Crippen LogP) is 2.32. The van der Waals surface area contributed by atoms with Gasteiger partial charge in [0.25, 0.3) is 0 Å². The molecule has 1 aromatic carbocycles. The Morgan fingerprint density at radius 2 is 1.80 bits per heavy atom. The molecule has 0 amide bonds. The van der Waals surface area contributed by atoms with Crippen LogP contribution < -0.4 is 0 Å². The third kappa shape index (κ3) is 1.82. The van der Waals surface area contributed by atoms with E-state index in [4.69, 9.17) is 4.74 Å². The van der Waals surface area contributed by atoms with Gasteiger partial charge in [-0.25, -0.2) is 0 Å². The predicted molar refractivity (Wildman–Crippen MR) is 58.9 cm³/mol. The second-order valence-corrected chi connectivity index (χ2v) is 4.12. The second kappa shape index (κ2) is 4.15. The molecule has 0 unspecified atom stereocenters. The first-order valence-electron chi connectivity index (χ1n) is 5.40. The molecule has 0 saturated carbocycles. The molecule has 80 valence electrons. The normalized spacial score (nSPS) is 19.8. The molecular formula is C13H16O2. The van der Waals surface area contributed by atoms with Crippen LogP contribution in [0, 0.1) is 0 Å². The van der Waals surface area contributed by atoms with Gasteiger partial charge in [-0.05, 0) is 25.3 Å². The Labute approximate surface area is 90.3 Å². The molecule has 0 atom stereocenters. The quantitative estimate of drug-likeness (QED) is 0.739. The van der Waals surface area contributed by atoms with Gasteiger partial charge in [0, 0.05) is 13.2 Å². The van der Waals surface area contributed by atoms with E-state index in [2.05, 4.69) is 0 Å². The Bertz CT molecular complexity index is 337. The number of hydrogen-bond acceptors (Lipinski definition) is 2. The summed E-state index contributed by atoms with van der Waals surface area (Å²) >= 11 is 0. The van der Waals surface area contributed by atoms with Crippen molar-refractivity contribution in [3.8, 4) is 0 Å². The molecule has 2 rings (SSSR count). The van der Waals surface area contributed by atoms with Gasteiger partial charge in [-0.2, -0.15) is 0 Å². The van der Waals surface area contributed by atoms with Crippen LogP contribution in [0.15, 0.2) is 30.3 Å². The molecule has 0 aromatic heterocycles. The maximum absolute atomic E-state index is 11.9. The van der Waals surface area contributed by atoms with Crippen LogP contribution in [0.1, 0.15) is 25.3 Å². The van der Waals surface area contributed by atoms with E-state index in [1.807, 2.05) is 30.3 Å². The van der Waals surface area contributed by atoms with Gasteiger partial charge in [0.05, 0.1) is 5.41 Å². The van der Waals surface area contributed by atoms with E-state index in [9.17, 15) is 4.79 Å². The van der Waals surface area contributed by atoms with Gasteiger partial charge in [-0.15, -0.1) is 0 Å². The van der Waals surface area contributed by atoms with Crippen LogP contribution in [0.5, 0.6) is 0 Å². The third-order valence-electron chi connectivity index (χ3n) is 3.35. The highest BCUT2D eigenvalue weighted by molar-refractivity contribution is 5.88. The van der Waals surface area contributed by atoms with Crippen molar-refractivity contribution in [3.05, 3.63) is 35.9 Å². The number of carbonyl (C=O) groups excluding carboxylic acids is 1. The number of ether oxygens (including phenoxy) is 1. The number of hydrogen-bond donors (Lipinski definition) is 0. The van der Waals surface area contributed by atoms with Crippen molar-refractivity contribution in [2.24, 2.45) is 0 Å². The van der Waals surface area contributed by atoms with Crippen molar-refractivity contribution in [3.63, 3.8) is 0 Å². The van der Waals surface area contributed by atoms with Crippen molar-refractivity contribution < 1.29 is 9.53 Å². The zero-order valence-corrected chi connectivity index (χ0v) is 9.03. The summed E-state index contributed by atoms with van der Waals surface area (Å²) in [6, 6.07) is 10.1. The van der Waals surface area contributed by atoms with Crippen molar-refractivity contribution in [2.45, 2.75) is 25.2 Å². The zero-order valence-electron chi connectivity index (χ0n) is 9.03. The number of Topliss-reactive ketones (excluding diaryl/α,β-unsaturated/α-hetero) is 1. The van der Waals surface area contributed by atoms with E-state index in [1.165, 1.54) is 0 Å². The lowest BCUT2D eigenvalue weighted by Gasteiger charge is -2.35. The molecule has 1 saturated heterocycles. The van der Waals surface area contributed by atoms with Gasteiger partial charge in [0.15, 0.2) is 0 Å². The first kappa shape index (κ1) is 10.4. The molecule has 0 spiro atoms. The minimum Gasteiger partial charge on any atom is -0.381 e. The lowest BCUT2D eigenvalue weighted by molar-refractivity contribution is -0.126. The highest BCUT2D eigenvalue weighted by atomic mass is 16.5. The maximum Gasteiger partial charge on any atom is 0.140 e. The monoisotopic (exact) mass is 204 g/mol. The van der Waals surface area contributed by atoms with E-state index in [1.54, 1.807) is 6.92 Å². The second-order valence-electron chi connectivity index (χ2n) is 4.12. The first-order chi connectivity index (χ1) is 7.26. The lowest BCUT2D eigenvalue weighted by atomic mass is 9.71. The molecule has 2 heteroatoms. The van der Waals surface area contributed by atoms with Gasteiger partial charge in [0.1, 0.15) is 5.78 Å². The Morgan fingerprint density at radius 3 is 2.33 bits per heavy atom. The summed E-state index contributed by atoms with van der Waals surface area (Å²) in [5.41, 5.74) is 0.847. The van der Waals surface area contributed by atoms with Crippen LogP contribution in [0.4, 0.5) is 0 Å². The Morgan fingerprint density at radius 1 is 1.20 bits per heavy atom. The van der Waals surface area contributed by atoms with Crippen LogP contribution in [0.25, 0.3) is 0 Å². The summed E-state index contributed by atoms with van der Waals surface area (Å²) in [6.45, 7) is 3.07. The fourth-order valence-corrected chi connectivity index (χ4v) is 2.32. The highest BCUT2D eigenvalue weighted by Crippen LogP contribution is 2.35. The summed E-state index contributed by atoms with van der Waals surface area (Å²) in [4.78, 5) is 11.9. The molecule has 1 heterocycles. The van der Waals surface area contributed by atoms with Crippen LogP contribution in [-0.2, 0) is 14.9 Å². The molecule has 1 fully saturated rings. The van der Waals surface area contributed by atoms with Gasteiger partial charge in [-0.1, -0.05) is 30.3 Å². The topological polar surface area (TPSA) is 26.3 Å². The van der Waals surface area contributed by atoms with Crippen molar-refractivity contribution in [1.29, 1.82) is 0 Å². The van der Waals surface area contributed by atoms with E-state index in [0.29, 0.717) is 13.2 Å². The summed E-state index contributed by atoms with van der Waals surface area (Å²) < 4.78 is 5.34. The summed E-state index contributed by atoms with van der Waals surface area (Å²) in [7, 11) is 0. The third-order valence-corrected chi connectivity index (χ3v) is 3.35. The fraction of sp³-hybridized carbons (Fsp3) is 0.462. The smallest absolute Gasteiger partial charge is 0.140 e. The van der Waals surface area contributed by atoms with E-state index >= 15 is 0 Å². The lowest BCUT2D eigenvalue weighted by Crippen LogP contribution is -2.40. The minimum absolute atomic E-state index is 0.261. The molecule has 2 nitrogen and oxygen atoms in total. The molecule has 1 aromatic rings. The van der Waals surface area contributed by atoms with Gasteiger partial charge in [-0.3, -0.25) is 4.79 Å². The standard InChI is InChI=1S/C13H16O2/c1-11(14)13(7-9-15-10-8-13)12-5-3-2-4-6-12/h2-6H,7-10H2,1H3. The number of rotatable bonds is 2. The highest BCUT2D eigenvalue weighted by Gasteiger charge is 2.38. The molecule has 1 aliphatic rings. The zero-order chi connectivity index (χ0) is 10.7. The van der Waals surface area contributed by atoms with Crippen LogP contribution >= 0.6 is 0 Å². The van der Waals surface area contributed by atoms with Gasteiger partial charge in [0.2, 0.25) is 0 Å². The Hall–Kier alpha value is -1.15. The van der Waals surface area contributed by atoms with Gasteiger partial charge >= 0.3 is 0 Å². The van der Waals surface area contributed by atoms with E-state index in [-0.39, 0.29) is 11.2 Å². The molecule has 0 N–H and O–H groups in total. The van der Waals surface area contributed by atoms with E-state index in [0.717, 1.165) is 18.4 Å². The van der Waals surface area contributed by atoms with E-state index < -0.39 is 0 Å². The SMILES string of the molecule is CC(=O)C1(c2ccccc2)CCOCC1. The average Bonchev–Trinajstić information content (AvgIpc) is 2.31. The van der Waals surface area contributed by atoms with Crippen molar-refractivity contribution >= 4 is 5.78 Å². The molecule has 0 aliphatic carbocycles. The molecule has 15 heavy (non-hydrogen) atoms. The molecule has 1 aliphatic heterocycles. The number of benzene rings is 1. The van der Waals surface area contributed by atoms with Gasteiger partial charge < -0.3 is 4.74 Å². The maximum atomic E-state index is 11.9. The van der Waals surface area contributed by atoms with Crippen molar-refractivity contribution in [1.82, 2.24) is 0 Å². The summed E-state index contributed by atoms with van der Waals surface area (Å²) in [5.74, 6) is 0.261. The summed E-state index contributed by atoms with van der Waals surface area (Å²) in [6.07, 6.45) is 1.62. The average molecular weight is 204 g/mol. The first-order valence-corrected chi connectivity index (χ1v) is 5.40. The Kier molecular flexibility index (Phi) is 2.87. The molecule has 0 radical (unpaired) electrons. The van der Waals surface area contributed by atoms with Crippen LogP contribution in [0.2, 0.25) is 0 Å². The Balaban J connectivity index is 2.38.